The number of hydrogen-bond acceptors (Lipinski definition) is 3. The van der Waals surface area contributed by atoms with Crippen molar-refractivity contribution in [2.24, 2.45) is 0 Å². The summed E-state index contributed by atoms with van der Waals surface area (Å²) in [6, 6.07) is 17.1. The van der Waals surface area contributed by atoms with E-state index in [1.165, 1.54) is 3.97 Å². The Labute approximate surface area is 185 Å². The van der Waals surface area contributed by atoms with E-state index in [0.29, 0.717) is 32.4 Å². The van der Waals surface area contributed by atoms with Crippen LogP contribution in [-0.4, -0.2) is 23.5 Å². The van der Waals surface area contributed by atoms with Gasteiger partial charge < -0.3 is 5.11 Å². The molecule has 0 aliphatic carbocycles. The lowest BCUT2D eigenvalue weighted by Gasteiger charge is -2.12. The summed E-state index contributed by atoms with van der Waals surface area (Å²) in [7, 11) is -3.93. The van der Waals surface area contributed by atoms with Crippen LogP contribution >= 0.6 is 11.6 Å². The standard InChI is InChI=1S/C24H22ClNO4S/c1-3-4-16-5-9-19(10-6-16)31(29,30)26-22-12-8-18(25)14-21(22)20-11-7-17(13-23(20)26)15(2)24(27)28/h5-15H,3-4H2,1-2H3,(H,27,28). The summed E-state index contributed by atoms with van der Waals surface area (Å²) in [5.41, 5.74) is 2.54. The molecule has 4 rings (SSSR count). The highest BCUT2D eigenvalue weighted by Gasteiger charge is 2.25. The van der Waals surface area contributed by atoms with Gasteiger partial charge in [-0.2, -0.15) is 0 Å². The summed E-state index contributed by atoms with van der Waals surface area (Å²) in [6.07, 6.45) is 1.86. The Morgan fingerprint density at radius 2 is 1.71 bits per heavy atom. The number of carboxylic acid groups (broad SMARTS) is 1. The smallest absolute Gasteiger partial charge is 0.310 e. The topological polar surface area (TPSA) is 76.4 Å². The highest BCUT2D eigenvalue weighted by atomic mass is 35.5. The molecular formula is C24H22ClNO4S. The Balaban J connectivity index is 2.02. The number of halogens is 1. The third kappa shape index (κ3) is 3.70. The molecule has 0 radical (unpaired) electrons. The Morgan fingerprint density at radius 3 is 2.35 bits per heavy atom. The van der Waals surface area contributed by atoms with Crippen molar-refractivity contribution >= 4 is 49.4 Å². The Kier molecular flexibility index (Phi) is 5.54. The molecular weight excluding hydrogens is 434 g/mol. The molecule has 0 fully saturated rings. The average Bonchev–Trinajstić information content (AvgIpc) is 3.07. The van der Waals surface area contributed by atoms with Gasteiger partial charge in [-0.3, -0.25) is 4.79 Å². The molecule has 0 saturated carbocycles. The minimum absolute atomic E-state index is 0.179. The lowest BCUT2D eigenvalue weighted by Crippen LogP contribution is -2.13. The van der Waals surface area contributed by atoms with Crippen LogP contribution in [-0.2, 0) is 21.2 Å². The predicted molar refractivity (Wildman–Crippen MR) is 124 cm³/mol. The lowest BCUT2D eigenvalue weighted by atomic mass is 10.00. The molecule has 1 N–H and O–H groups in total. The van der Waals surface area contributed by atoms with Crippen molar-refractivity contribution in [3.8, 4) is 0 Å². The number of rotatable bonds is 6. The number of nitrogens with zero attached hydrogens (tertiary/aromatic N) is 1. The molecule has 160 valence electrons. The second-order valence-electron chi connectivity index (χ2n) is 7.66. The predicted octanol–water partition coefficient (Wildman–Crippen LogP) is 5.83. The average molecular weight is 456 g/mol. The zero-order chi connectivity index (χ0) is 22.3. The van der Waals surface area contributed by atoms with Gasteiger partial charge in [0.1, 0.15) is 0 Å². The first-order chi connectivity index (χ1) is 14.7. The summed E-state index contributed by atoms with van der Waals surface area (Å²) < 4.78 is 28.7. The summed E-state index contributed by atoms with van der Waals surface area (Å²) >= 11 is 6.19. The Bertz CT molecular complexity index is 1410. The van der Waals surface area contributed by atoms with Crippen LogP contribution in [0.25, 0.3) is 21.8 Å². The molecule has 3 aromatic carbocycles. The number of aryl methyl sites for hydroxylation is 1. The largest absolute Gasteiger partial charge is 0.481 e. The van der Waals surface area contributed by atoms with Crippen molar-refractivity contribution in [2.75, 3.05) is 0 Å². The van der Waals surface area contributed by atoms with Crippen molar-refractivity contribution in [1.82, 2.24) is 3.97 Å². The molecule has 1 atom stereocenters. The van der Waals surface area contributed by atoms with Crippen LogP contribution in [0, 0.1) is 0 Å². The third-order valence-electron chi connectivity index (χ3n) is 5.58. The number of carbonyl (C=O) groups is 1. The van der Waals surface area contributed by atoms with Crippen LogP contribution in [0.2, 0.25) is 5.02 Å². The maximum atomic E-state index is 13.7. The van der Waals surface area contributed by atoms with Gasteiger partial charge in [0, 0.05) is 15.8 Å². The molecule has 0 amide bonds. The first-order valence-electron chi connectivity index (χ1n) is 10.0. The normalized spacial score (nSPS) is 13.0. The fourth-order valence-electron chi connectivity index (χ4n) is 3.87. The maximum absolute atomic E-state index is 13.7. The molecule has 0 aliphatic heterocycles. The fraction of sp³-hybridized carbons (Fsp3) is 0.208. The van der Waals surface area contributed by atoms with E-state index in [9.17, 15) is 18.3 Å². The number of fused-ring (bicyclic) bond motifs is 3. The fourth-order valence-corrected chi connectivity index (χ4v) is 5.56. The van der Waals surface area contributed by atoms with E-state index in [2.05, 4.69) is 6.92 Å². The van der Waals surface area contributed by atoms with E-state index in [-0.39, 0.29) is 4.90 Å². The molecule has 4 aromatic rings. The summed E-state index contributed by atoms with van der Waals surface area (Å²) in [4.78, 5) is 11.7. The zero-order valence-electron chi connectivity index (χ0n) is 17.2. The third-order valence-corrected chi connectivity index (χ3v) is 7.56. The molecule has 1 heterocycles. The van der Waals surface area contributed by atoms with E-state index < -0.39 is 21.9 Å². The van der Waals surface area contributed by atoms with Gasteiger partial charge in [0.05, 0.1) is 21.8 Å². The van der Waals surface area contributed by atoms with Gasteiger partial charge in [-0.25, -0.2) is 12.4 Å². The maximum Gasteiger partial charge on any atom is 0.310 e. The number of hydrogen-bond donors (Lipinski definition) is 1. The van der Waals surface area contributed by atoms with Crippen molar-refractivity contribution in [3.63, 3.8) is 0 Å². The number of aliphatic carboxylic acids is 1. The van der Waals surface area contributed by atoms with E-state index >= 15 is 0 Å². The van der Waals surface area contributed by atoms with E-state index in [4.69, 9.17) is 11.6 Å². The van der Waals surface area contributed by atoms with Crippen LogP contribution < -0.4 is 0 Å². The van der Waals surface area contributed by atoms with Crippen molar-refractivity contribution in [1.29, 1.82) is 0 Å². The molecule has 0 bridgehead atoms. The summed E-state index contributed by atoms with van der Waals surface area (Å²) in [5.74, 6) is -1.74. The minimum atomic E-state index is -3.93. The minimum Gasteiger partial charge on any atom is -0.481 e. The molecule has 1 unspecified atom stereocenters. The van der Waals surface area contributed by atoms with Crippen LogP contribution in [0.3, 0.4) is 0 Å². The van der Waals surface area contributed by atoms with Crippen LogP contribution in [0.1, 0.15) is 37.3 Å². The van der Waals surface area contributed by atoms with Crippen molar-refractivity contribution in [3.05, 3.63) is 76.8 Å². The molecule has 1 aromatic heterocycles. The molecule has 7 heteroatoms. The lowest BCUT2D eigenvalue weighted by molar-refractivity contribution is -0.138. The van der Waals surface area contributed by atoms with Gasteiger partial charge in [-0.15, -0.1) is 0 Å². The van der Waals surface area contributed by atoms with Crippen LogP contribution in [0.4, 0.5) is 0 Å². The van der Waals surface area contributed by atoms with Gasteiger partial charge in [0.2, 0.25) is 0 Å². The SMILES string of the molecule is CCCc1ccc(S(=O)(=O)n2c3ccc(Cl)cc3c3ccc(C(C)C(=O)O)cc32)cc1. The van der Waals surface area contributed by atoms with Gasteiger partial charge >= 0.3 is 5.97 Å². The summed E-state index contributed by atoms with van der Waals surface area (Å²) in [5, 5.41) is 11.3. The number of carboxylic acids is 1. The van der Waals surface area contributed by atoms with Gasteiger partial charge in [-0.05, 0) is 60.9 Å². The summed E-state index contributed by atoms with van der Waals surface area (Å²) in [6.45, 7) is 3.65. The second-order valence-corrected chi connectivity index (χ2v) is 9.88. The first kappa shape index (κ1) is 21.4. The van der Waals surface area contributed by atoms with Gasteiger partial charge in [-0.1, -0.05) is 49.2 Å². The van der Waals surface area contributed by atoms with E-state index in [1.807, 2.05) is 12.1 Å². The zero-order valence-corrected chi connectivity index (χ0v) is 18.7. The molecule has 0 saturated heterocycles. The Hall–Kier alpha value is -2.83. The van der Waals surface area contributed by atoms with Gasteiger partial charge in [0.15, 0.2) is 0 Å². The highest BCUT2D eigenvalue weighted by Crippen LogP contribution is 2.35. The highest BCUT2D eigenvalue weighted by molar-refractivity contribution is 7.90. The Morgan fingerprint density at radius 1 is 1.00 bits per heavy atom. The molecule has 0 spiro atoms. The van der Waals surface area contributed by atoms with Crippen molar-refractivity contribution in [2.45, 2.75) is 37.5 Å². The van der Waals surface area contributed by atoms with Crippen LogP contribution in [0.15, 0.2) is 65.6 Å². The van der Waals surface area contributed by atoms with Crippen molar-refractivity contribution < 1.29 is 18.3 Å². The molecule has 31 heavy (non-hydrogen) atoms. The van der Waals surface area contributed by atoms with E-state index in [0.717, 1.165) is 18.4 Å². The van der Waals surface area contributed by atoms with E-state index in [1.54, 1.807) is 55.5 Å². The quantitative estimate of drug-likeness (QED) is 0.397. The van der Waals surface area contributed by atoms with Crippen LogP contribution in [0.5, 0.6) is 0 Å². The first-order valence-corrected chi connectivity index (χ1v) is 11.9. The molecule has 0 aliphatic rings. The molecule has 5 nitrogen and oxygen atoms in total. The van der Waals surface area contributed by atoms with Gasteiger partial charge in [0.25, 0.3) is 10.0 Å². The number of benzene rings is 3. The monoisotopic (exact) mass is 455 g/mol. The number of aromatic nitrogens is 1. The second kappa shape index (κ2) is 8.02.